The molecule has 0 bridgehead atoms. The predicted octanol–water partition coefficient (Wildman–Crippen LogP) is 13.1. The standard InChI is InChI=1S/C30H29N2S.C15H28O2.Ir/c1-19(2)14-23-18-28-29(33-23)25(11-13-32-28)21-10-12-31-27(17-21)22-15-20-8-6-7-9-24(20)26(16-22)30(3,4)5;1-7-14(5,8-2)12(16)11-13(17)15(6,9-3)10-4;/h6-13,16-19H,14H2,1-5H3;11,16H,7-10H2,1-6H3;/q-1;;/b;12-11-;. The molecule has 4 nitrogen and oxygen atoms in total. The Morgan fingerprint density at radius 3 is 2.10 bits per heavy atom. The molecule has 3 heterocycles. The molecule has 51 heavy (non-hydrogen) atoms. The maximum Gasteiger partial charge on any atom is 0.164 e. The van der Waals surface area contributed by atoms with E-state index in [1.807, 2.05) is 65.3 Å². The Morgan fingerprint density at radius 1 is 0.863 bits per heavy atom. The van der Waals surface area contributed by atoms with E-state index in [-0.39, 0.29) is 47.9 Å². The number of aliphatic hydroxyl groups is 1. The third-order valence-corrected chi connectivity index (χ3v) is 11.8. The molecular formula is C45H57IrN2O2S-. The van der Waals surface area contributed by atoms with Crippen molar-refractivity contribution < 1.29 is 30.0 Å². The van der Waals surface area contributed by atoms with Gasteiger partial charge in [-0.1, -0.05) is 111 Å². The number of nitrogens with zero attached hydrogens (tertiary/aromatic N) is 2. The Labute approximate surface area is 324 Å². The monoisotopic (exact) mass is 882 g/mol. The summed E-state index contributed by atoms with van der Waals surface area (Å²) >= 11 is 1.87. The van der Waals surface area contributed by atoms with Gasteiger partial charge in [0.25, 0.3) is 0 Å². The zero-order valence-electron chi connectivity index (χ0n) is 32.5. The van der Waals surface area contributed by atoms with Crippen molar-refractivity contribution in [1.82, 2.24) is 9.97 Å². The Kier molecular flexibility index (Phi) is 14.5. The maximum atomic E-state index is 12.2. The Bertz CT molecular complexity index is 1960. The minimum atomic E-state index is -0.337. The van der Waals surface area contributed by atoms with Crippen molar-refractivity contribution in [2.75, 3.05) is 0 Å². The number of aromatic nitrogens is 2. The molecule has 0 unspecified atom stereocenters. The van der Waals surface area contributed by atoms with Crippen molar-refractivity contribution >= 4 is 38.1 Å². The SMILES string of the molecule is CC(C)Cc1cc2nccc(-c3ccnc(-c4[c-]c5ccccc5c(C(C)(C)C)c4)c3)c2s1.CCC(C)(CC)C(=O)/C=C(\O)C(C)(CC)CC.[Ir]. The summed E-state index contributed by atoms with van der Waals surface area (Å²) in [7, 11) is 0. The van der Waals surface area contributed by atoms with Crippen LogP contribution in [0.4, 0.5) is 0 Å². The summed E-state index contributed by atoms with van der Waals surface area (Å²) in [5.74, 6) is 0.920. The average molecular weight is 882 g/mol. The Morgan fingerprint density at radius 2 is 1.49 bits per heavy atom. The van der Waals surface area contributed by atoms with Crippen molar-refractivity contribution in [3.8, 4) is 22.4 Å². The first-order chi connectivity index (χ1) is 23.6. The molecule has 5 aromatic rings. The second-order valence-corrected chi connectivity index (χ2v) is 16.8. The van der Waals surface area contributed by atoms with E-state index in [4.69, 9.17) is 4.98 Å². The maximum absolute atomic E-state index is 12.2. The topological polar surface area (TPSA) is 63.1 Å². The van der Waals surface area contributed by atoms with Gasteiger partial charge in [0.05, 0.1) is 10.2 Å². The van der Waals surface area contributed by atoms with Gasteiger partial charge in [-0.2, -0.15) is 0 Å². The number of rotatable bonds is 11. The van der Waals surface area contributed by atoms with Gasteiger partial charge in [0.2, 0.25) is 0 Å². The zero-order valence-corrected chi connectivity index (χ0v) is 35.7. The number of carbonyl (C=O) groups excluding carboxylic acids is 1. The van der Waals surface area contributed by atoms with Crippen LogP contribution in [0.1, 0.15) is 112 Å². The van der Waals surface area contributed by atoms with Gasteiger partial charge < -0.3 is 5.11 Å². The molecule has 0 spiro atoms. The third-order valence-electron chi connectivity index (χ3n) is 10.6. The predicted molar refractivity (Wildman–Crippen MR) is 215 cm³/mol. The normalized spacial score (nSPS) is 12.5. The first-order valence-electron chi connectivity index (χ1n) is 18.3. The van der Waals surface area contributed by atoms with Crippen LogP contribution in [-0.4, -0.2) is 20.9 Å². The Hall–Kier alpha value is -3.18. The minimum absolute atomic E-state index is 0. The van der Waals surface area contributed by atoms with Crippen LogP contribution in [0.15, 0.2) is 78.8 Å². The van der Waals surface area contributed by atoms with Crippen LogP contribution in [0.25, 0.3) is 43.4 Å². The van der Waals surface area contributed by atoms with Gasteiger partial charge >= 0.3 is 0 Å². The number of benzene rings is 2. The minimum Gasteiger partial charge on any atom is -0.512 e. The number of fused-ring (bicyclic) bond motifs is 2. The van der Waals surface area contributed by atoms with Crippen LogP contribution in [0, 0.1) is 22.8 Å². The van der Waals surface area contributed by atoms with Crippen molar-refractivity contribution in [1.29, 1.82) is 0 Å². The van der Waals surface area contributed by atoms with Crippen LogP contribution in [-0.2, 0) is 36.7 Å². The molecule has 0 atom stereocenters. The average Bonchev–Trinajstić information content (AvgIpc) is 3.52. The second kappa shape index (κ2) is 17.6. The molecule has 5 rings (SSSR count). The summed E-state index contributed by atoms with van der Waals surface area (Å²) in [4.78, 5) is 23.0. The molecule has 0 saturated heterocycles. The number of carbonyl (C=O) groups is 1. The number of thiophene rings is 1. The number of hydrogen-bond donors (Lipinski definition) is 1. The van der Waals surface area contributed by atoms with Crippen molar-refractivity contribution in [2.45, 2.75) is 114 Å². The number of hydrogen-bond acceptors (Lipinski definition) is 5. The number of aliphatic hydroxyl groups excluding tert-OH is 1. The van der Waals surface area contributed by atoms with Gasteiger partial charge in [0.1, 0.15) is 5.76 Å². The van der Waals surface area contributed by atoms with E-state index in [0.717, 1.165) is 54.3 Å². The molecule has 2 aromatic carbocycles. The molecule has 275 valence electrons. The van der Waals surface area contributed by atoms with Gasteiger partial charge in [-0.3, -0.25) is 14.8 Å². The molecule has 0 aliphatic heterocycles. The second-order valence-electron chi connectivity index (χ2n) is 15.6. The summed E-state index contributed by atoms with van der Waals surface area (Å²) < 4.78 is 1.25. The Balaban J connectivity index is 0.000000335. The molecule has 0 aliphatic rings. The molecule has 3 aromatic heterocycles. The van der Waals surface area contributed by atoms with E-state index in [1.165, 1.54) is 37.7 Å². The summed E-state index contributed by atoms with van der Waals surface area (Å²) in [6, 6.07) is 23.1. The van der Waals surface area contributed by atoms with Crippen molar-refractivity contribution in [2.24, 2.45) is 16.7 Å². The van der Waals surface area contributed by atoms with E-state index in [2.05, 4.69) is 100 Å². The fourth-order valence-corrected chi connectivity index (χ4v) is 7.50. The van der Waals surface area contributed by atoms with E-state index in [0.29, 0.717) is 5.92 Å². The summed E-state index contributed by atoms with van der Waals surface area (Å²) in [6.45, 7) is 23.4. The van der Waals surface area contributed by atoms with E-state index < -0.39 is 0 Å². The van der Waals surface area contributed by atoms with Crippen LogP contribution in [0.3, 0.4) is 0 Å². The molecule has 0 saturated carbocycles. The van der Waals surface area contributed by atoms with Crippen molar-refractivity contribution in [3.05, 3.63) is 95.3 Å². The summed E-state index contributed by atoms with van der Waals surface area (Å²) in [5.41, 5.74) is 6.21. The van der Waals surface area contributed by atoms with E-state index >= 15 is 0 Å². The number of ketones is 1. The first kappa shape index (κ1) is 42.2. The van der Waals surface area contributed by atoms with Gasteiger partial charge in [0.15, 0.2) is 5.78 Å². The van der Waals surface area contributed by atoms with Crippen LogP contribution in [0.2, 0.25) is 0 Å². The molecule has 6 heteroatoms. The molecule has 1 radical (unpaired) electrons. The largest absolute Gasteiger partial charge is 0.512 e. The van der Waals surface area contributed by atoms with Crippen LogP contribution < -0.4 is 0 Å². The van der Waals surface area contributed by atoms with Crippen LogP contribution in [0.5, 0.6) is 0 Å². The third kappa shape index (κ3) is 9.83. The van der Waals surface area contributed by atoms with Gasteiger partial charge in [-0.15, -0.1) is 40.5 Å². The quantitative estimate of drug-likeness (QED) is 0.0815. The van der Waals surface area contributed by atoms with E-state index in [1.54, 1.807) is 0 Å². The summed E-state index contributed by atoms with van der Waals surface area (Å²) in [5, 5.41) is 12.5. The first-order valence-corrected chi connectivity index (χ1v) is 19.2. The zero-order chi connectivity index (χ0) is 36.9. The molecular weight excluding hydrogens is 825 g/mol. The van der Waals surface area contributed by atoms with E-state index in [9.17, 15) is 9.90 Å². The van der Waals surface area contributed by atoms with Gasteiger partial charge in [0, 0.05) is 65.5 Å². The number of allylic oxidation sites excluding steroid dienone is 2. The summed E-state index contributed by atoms with van der Waals surface area (Å²) in [6.07, 6.45) is 9.68. The number of pyridine rings is 2. The molecule has 0 fully saturated rings. The molecule has 0 amide bonds. The smallest absolute Gasteiger partial charge is 0.164 e. The van der Waals surface area contributed by atoms with Gasteiger partial charge in [-0.05, 0) is 67.2 Å². The molecule has 1 N–H and O–H groups in total. The fourth-order valence-electron chi connectivity index (χ4n) is 6.14. The van der Waals surface area contributed by atoms with Crippen molar-refractivity contribution in [3.63, 3.8) is 0 Å². The van der Waals surface area contributed by atoms with Gasteiger partial charge in [-0.25, -0.2) is 0 Å². The molecule has 0 aliphatic carbocycles. The van der Waals surface area contributed by atoms with Crippen LogP contribution >= 0.6 is 11.3 Å². The fraction of sp³-hybridized carbons (Fsp3) is 0.444.